The summed E-state index contributed by atoms with van der Waals surface area (Å²) in [6.07, 6.45) is 0.715. The number of carbonyl (C=O) groups is 1. The molecule has 0 radical (unpaired) electrons. The number of amides is 1. The van der Waals surface area contributed by atoms with E-state index in [-0.39, 0.29) is 33.6 Å². The van der Waals surface area contributed by atoms with Gasteiger partial charge in [-0.25, -0.2) is 0 Å². The third-order valence-corrected chi connectivity index (χ3v) is 3.26. The zero-order valence-electron chi connectivity index (χ0n) is 12.2. The standard InChI is InChI=1S/C14H18Cl2N2O3/c1-14(2,3)7-10(16)8-17-13(19)11-6-9(15)4-5-12(11)18(20)21/h4-6,10H,7-8H2,1-3H3,(H,17,19). The summed E-state index contributed by atoms with van der Waals surface area (Å²) in [5.41, 5.74) is -0.301. The number of nitrogens with zero attached hydrogens (tertiary/aromatic N) is 1. The van der Waals surface area contributed by atoms with Gasteiger partial charge in [-0.2, -0.15) is 0 Å². The summed E-state index contributed by atoms with van der Waals surface area (Å²) in [4.78, 5) is 22.4. The molecule has 1 N–H and O–H groups in total. The molecule has 0 heterocycles. The summed E-state index contributed by atoms with van der Waals surface area (Å²) in [5.74, 6) is -0.552. The van der Waals surface area contributed by atoms with Crippen LogP contribution in [0.25, 0.3) is 0 Å². The normalized spacial score (nSPS) is 12.8. The second-order valence-electron chi connectivity index (χ2n) is 5.99. The van der Waals surface area contributed by atoms with Crippen molar-refractivity contribution >= 4 is 34.8 Å². The maximum atomic E-state index is 12.1. The van der Waals surface area contributed by atoms with Crippen LogP contribution in [0.3, 0.4) is 0 Å². The molecule has 1 aromatic carbocycles. The van der Waals surface area contributed by atoms with Crippen molar-refractivity contribution in [2.75, 3.05) is 6.54 Å². The van der Waals surface area contributed by atoms with E-state index in [1.165, 1.54) is 18.2 Å². The third-order valence-electron chi connectivity index (χ3n) is 2.72. The van der Waals surface area contributed by atoms with Gasteiger partial charge in [-0.05, 0) is 24.0 Å². The first-order valence-corrected chi connectivity index (χ1v) is 7.28. The van der Waals surface area contributed by atoms with Crippen LogP contribution in [0.4, 0.5) is 5.69 Å². The fraction of sp³-hybridized carbons (Fsp3) is 0.500. The first-order chi connectivity index (χ1) is 9.60. The van der Waals surface area contributed by atoms with Crippen LogP contribution in [0.5, 0.6) is 0 Å². The predicted octanol–water partition coefficient (Wildman–Crippen LogP) is 4.02. The average Bonchev–Trinajstić information content (AvgIpc) is 2.33. The van der Waals surface area contributed by atoms with E-state index in [2.05, 4.69) is 5.32 Å². The van der Waals surface area contributed by atoms with Gasteiger partial charge in [0.2, 0.25) is 0 Å². The Morgan fingerprint density at radius 2 is 2.05 bits per heavy atom. The van der Waals surface area contributed by atoms with Crippen LogP contribution in [0.1, 0.15) is 37.6 Å². The number of alkyl halides is 1. The zero-order chi connectivity index (χ0) is 16.2. The molecule has 1 unspecified atom stereocenters. The van der Waals surface area contributed by atoms with Crippen molar-refractivity contribution in [3.05, 3.63) is 38.9 Å². The van der Waals surface area contributed by atoms with Crippen LogP contribution < -0.4 is 5.32 Å². The Hall–Kier alpha value is -1.33. The molecule has 0 saturated carbocycles. The SMILES string of the molecule is CC(C)(C)CC(Cl)CNC(=O)c1cc(Cl)ccc1[N+](=O)[O-]. The van der Waals surface area contributed by atoms with E-state index < -0.39 is 10.8 Å². The predicted molar refractivity (Wildman–Crippen MR) is 84.2 cm³/mol. The fourth-order valence-corrected chi connectivity index (χ4v) is 2.60. The van der Waals surface area contributed by atoms with Crippen LogP contribution in [-0.2, 0) is 0 Å². The lowest BCUT2D eigenvalue weighted by Crippen LogP contribution is -2.32. The molecule has 116 valence electrons. The van der Waals surface area contributed by atoms with Crippen molar-refractivity contribution in [2.24, 2.45) is 5.41 Å². The molecule has 0 aliphatic rings. The molecule has 0 aliphatic heterocycles. The number of nitro benzene ring substituents is 1. The second-order valence-corrected chi connectivity index (χ2v) is 7.04. The van der Waals surface area contributed by atoms with E-state index in [0.717, 1.165) is 0 Å². The number of nitrogens with one attached hydrogen (secondary N) is 1. The van der Waals surface area contributed by atoms with Gasteiger partial charge in [0.15, 0.2) is 0 Å². The molecule has 0 fully saturated rings. The zero-order valence-corrected chi connectivity index (χ0v) is 13.7. The molecular weight excluding hydrogens is 315 g/mol. The van der Waals surface area contributed by atoms with E-state index in [4.69, 9.17) is 23.2 Å². The Kier molecular flexibility index (Phi) is 5.98. The largest absolute Gasteiger partial charge is 0.350 e. The van der Waals surface area contributed by atoms with Gasteiger partial charge in [0, 0.05) is 17.6 Å². The summed E-state index contributed by atoms with van der Waals surface area (Å²) in [7, 11) is 0. The number of hydrogen-bond acceptors (Lipinski definition) is 3. The van der Waals surface area contributed by atoms with Gasteiger partial charge in [0.05, 0.1) is 10.3 Å². The van der Waals surface area contributed by atoms with Crippen molar-refractivity contribution in [3.63, 3.8) is 0 Å². The van der Waals surface area contributed by atoms with Crippen molar-refractivity contribution in [3.8, 4) is 0 Å². The quantitative estimate of drug-likeness (QED) is 0.502. The maximum Gasteiger partial charge on any atom is 0.282 e. The van der Waals surface area contributed by atoms with Crippen LogP contribution in [0.2, 0.25) is 5.02 Å². The van der Waals surface area contributed by atoms with E-state index >= 15 is 0 Å². The monoisotopic (exact) mass is 332 g/mol. The number of halogens is 2. The third kappa shape index (κ3) is 5.89. The molecular formula is C14H18Cl2N2O3. The van der Waals surface area contributed by atoms with E-state index in [0.29, 0.717) is 6.42 Å². The molecule has 1 amide bonds. The number of hydrogen-bond donors (Lipinski definition) is 1. The van der Waals surface area contributed by atoms with Crippen LogP contribution in [0, 0.1) is 15.5 Å². The highest BCUT2D eigenvalue weighted by Gasteiger charge is 2.22. The molecule has 0 bridgehead atoms. The van der Waals surface area contributed by atoms with Gasteiger partial charge in [-0.3, -0.25) is 14.9 Å². The Bertz CT molecular complexity index is 542. The summed E-state index contributed by atoms with van der Waals surface area (Å²) >= 11 is 11.9. The average molecular weight is 333 g/mol. The minimum absolute atomic E-state index is 0.0409. The maximum absolute atomic E-state index is 12.1. The van der Waals surface area contributed by atoms with Crippen LogP contribution in [-0.4, -0.2) is 22.8 Å². The molecule has 21 heavy (non-hydrogen) atoms. The fourth-order valence-electron chi connectivity index (χ4n) is 1.88. The second kappa shape index (κ2) is 7.09. The summed E-state index contributed by atoms with van der Waals surface area (Å²) in [6, 6.07) is 3.87. The summed E-state index contributed by atoms with van der Waals surface area (Å²) in [5, 5.41) is 13.6. The Morgan fingerprint density at radius 3 is 2.57 bits per heavy atom. The van der Waals surface area contributed by atoms with Crippen molar-refractivity contribution < 1.29 is 9.72 Å². The Balaban J connectivity index is 2.76. The highest BCUT2D eigenvalue weighted by Crippen LogP contribution is 2.24. The molecule has 0 aliphatic carbocycles. The van der Waals surface area contributed by atoms with Crippen LogP contribution in [0.15, 0.2) is 18.2 Å². The molecule has 1 rings (SSSR count). The lowest BCUT2D eigenvalue weighted by Gasteiger charge is -2.21. The minimum Gasteiger partial charge on any atom is -0.350 e. The van der Waals surface area contributed by atoms with Gasteiger partial charge < -0.3 is 5.32 Å². The summed E-state index contributed by atoms with van der Waals surface area (Å²) in [6.45, 7) is 6.38. The lowest BCUT2D eigenvalue weighted by molar-refractivity contribution is -0.385. The van der Waals surface area contributed by atoms with E-state index in [1.54, 1.807) is 0 Å². The molecule has 1 aromatic rings. The lowest BCUT2D eigenvalue weighted by atomic mass is 9.90. The molecule has 0 aromatic heterocycles. The number of rotatable bonds is 5. The highest BCUT2D eigenvalue weighted by atomic mass is 35.5. The number of nitro groups is 1. The first kappa shape index (κ1) is 17.7. The van der Waals surface area contributed by atoms with Gasteiger partial charge >= 0.3 is 0 Å². The number of benzene rings is 1. The molecule has 7 heteroatoms. The number of carbonyl (C=O) groups excluding carboxylic acids is 1. The van der Waals surface area contributed by atoms with Gasteiger partial charge in [0.1, 0.15) is 5.56 Å². The Labute approximate surface area is 133 Å². The minimum atomic E-state index is -0.613. The van der Waals surface area contributed by atoms with Crippen molar-refractivity contribution in [2.45, 2.75) is 32.6 Å². The van der Waals surface area contributed by atoms with E-state index in [9.17, 15) is 14.9 Å². The summed E-state index contributed by atoms with van der Waals surface area (Å²) < 4.78 is 0. The van der Waals surface area contributed by atoms with Crippen LogP contribution >= 0.6 is 23.2 Å². The highest BCUT2D eigenvalue weighted by molar-refractivity contribution is 6.31. The van der Waals surface area contributed by atoms with Crippen molar-refractivity contribution in [1.29, 1.82) is 0 Å². The van der Waals surface area contributed by atoms with Gasteiger partial charge in [0.25, 0.3) is 11.6 Å². The van der Waals surface area contributed by atoms with Gasteiger partial charge in [-0.15, -0.1) is 11.6 Å². The Morgan fingerprint density at radius 1 is 1.43 bits per heavy atom. The molecule has 5 nitrogen and oxygen atoms in total. The molecule has 0 spiro atoms. The van der Waals surface area contributed by atoms with E-state index in [1.807, 2.05) is 20.8 Å². The molecule has 1 atom stereocenters. The van der Waals surface area contributed by atoms with Crippen molar-refractivity contribution in [1.82, 2.24) is 5.32 Å². The molecule has 0 saturated heterocycles. The topological polar surface area (TPSA) is 72.2 Å². The first-order valence-electron chi connectivity index (χ1n) is 6.46. The smallest absolute Gasteiger partial charge is 0.282 e. The van der Waals surface area contributed by atoms with Gasteiger partial charge in [-0.1, -0.05) is 32.4 Å².